The van der Waals surface area contributed by atoms with Gasteiger partial charge in [0.1, 0.15) is 5.75 Å². The first-order valence-corrected chi connectivity index (χ1v) is 11.8. The lowest BCUT2D eigenvalue weighted by Crippen LogP contribution is -2.51. The number of piperazine rings is 1. The molecular formula is C27H35N3O2. The van der Waals surface area contributed by atoms with Gasteiger partial charge >= 0.3 is 0 Å². The highest BCUT2D eigenvalue weighted by Crippen LogP contribution is 2.25. The molecule has 2 aliphatic heterocycles. The smallest absolute Gasteiger partial charge is 0.225 e. The minimum atomic E-state index is 0.174. The van der Waals surface area contributed by atoms with Crippen LogP contribution in [0.1, 0.15) is 24.0 Å². The van der Waals surface area contributed by atoms with Gasteiger partial charge in [0.25, 0.3) is 0 Å². The van der Waals surface area contributed by atoms with Crippen molar-refractivity contribution in [1.82, 2.24) is 14.7 Å². The van der Waals surface area contributed by atoms with Crippen LogP contribution in [0.15, 0.2) is 60.7 Å². The van der Waals surface area contributed by atoms with E-state index in [2.05, 4.69) is 63.2 Å². The van der Waals surface area contributed by atoms with Crippen molar-refractivity contribution in [2.45, 2.75) is 19.4 Å². The standard InChI is InChI=1S/C27H35N3O2/c1-32-26-12-6-5-11-25(26)22-29-16-13-24(14-17-29)27(31)30-20-18-28(19-21-30)15-7-10-23-8-3-2-4-9-23/h2-12,24H,13-22H2,1H3/b10-7+. The number of para-hydroxylation sites is 1. The van der Waals surface area contributed by atoms with Crippen molar-refractivity contribution in [2.24, 2.45) is 5.92 Å². The second-order valence-electron chi connectivity index (χ2n) is 8.80. The largest absolute Gasteiger partial charge is 0.496 e. The summed E-state index contributed by atoms with van der Waals surface area (Å²) in [4.78, 5) is 20.0. The molecule has 5 nitrogen and oxygen atoms in total. The van der Waals surface area contributed by atoms with Crippen LogP contribution in [0.4, 0.5) is 0 Å². The lowest BCUT2D eigenvalue weighted by Gasteiger charge is -2.38. The molecule has 2 saturated heterocycles. The molecule has 170 valence electrons. The van der Waals surface area contributed by atoms with E-state index in [1.807, 2.05) is 18.2 Å². The number of ether oxygens (including phenoxy) is 1. The van der Waals surface area contributed by atoms with Crippen molar-refractivity contribution >= 4 is 12.0 Å². The number of piperidine rings is 1. The maximum Gasteiger partial charge on any atom is 0.225 e. The van der Waals surface area contributed by atoms with Crippen LogP contribution in [0.2, 0.25) is 0 Å². The molecule has 0 atom stereocenters. The average Bonchev–Trinajstić information content (AvgIpc) is 2.85. The Morgan fingerprint density at radius 2 is 1.59 bits per heavy atom. The van der Waals surface area contributed by atoms with Gasteiger partial charge in [-0.25, -0.2) is 0 Å². The molecular weight excluding hydrogens is 398 g/mol. The molecule has 0 saturated carbocycles. The Hall–Kier alpha value is -2.63. The second kappa shape index (κ2) is 11.3. The van der Waals surface area contributed by atoms with E-state index in [4.69, 9.17) is 4.74 Å². The van der Waals surface area contributed by atoms with Gasteiger partial charge in [-0.2, -0.15) is 0 Å². The van der Waals surface area contributed by atoms with Crippen LogP contribution >= 0.6 is 0 Å². The number of methoxy groups -OCH3 is 1. The van der Waals surface area contributed by atoms with E-state index >= 15 is 0 Å². The van der Waals surface area contributed by atoms with E-state index in [-0.39, 0.29) is 5.92 Å². The van der Waals surface area contributed by atoms with Gasteiger partial charge in [0.05, 0.1) is 7.11 Å². The minimum Gasteiger partial charge on any atom is -0.496 e. The van der Waals surface area contributed by atoms with Crippen LogP contribution < -0.4 is 4.74 Å². The molecule has 32 heavy (non-hydrogen) atoms. The Balaban J connectivity index is 1.18. The van der Waals surface area contributed by atoms with Crippen molar-refractivity contribution in [1.29, 1.82) is 0 Å². The van der Waals surface area contributed by atoms with Gasteiger partial charge in [0.2, 0.25) is 5.91 Å². The number of hydrogen-bond donors (Lipinski definition) is 0. The second-order valence-corrected chi connectivity index (χ2v) is 8.80. The number of carbonyl (C=O) groups excluding carboxylic acids is 1. The molecule has 0 radical (unpaired) electrons. The number of nitrogens with zero attached hydrogens (tertiary/aromatic N) is 3. The molecule has 0 N–H and O–H groups in total. The molecule has 4 rings (SSSR count). The number of rotatable bonds is 7. The van der Waals surface area contributed by atoms with Crippen molar-refractivity contribution in [3.05, 3.63) is 71.8 Å². The molecule has 0 spiro atoms. The van der Waals surface area contributed by atoms with Gasteiger partial charge in [-0.15, -0.1) is 0 Å². The summed E-state index contributed by atoms with van der Waals surface area (Å²) < 4.78 is 5.49. The monoisotopic (exact) mass is 433 g/mol. The Morgan fingerprint density at radius 3 is 2.31 bits per heavy atom. The Bertz CT molecular complexity index is 883. The molecule has 2 aromatic carbocycles. The van der Waals surface area contributed by atoms with Crippen LogP contribution in [0.3, 0.4) is 0 Å². The van der Waals surface area contributed by atoms with E-state index in [1.54, 1.807) is 7.11 Å². The number of likely N-dealkylation sites (tertiary alicyclic amines) is 1. The third kappa shape index (κ3) is 5.99. The highest BCUT2D eigenvalue weighted by atomic mass is 16.5. The average molecular weight is 434 g/mol. The fourth-order valence-corrected chi connectivity index (χ4v) is 4.72. The predicted octanol–water partition coefficient (Wildman–Crippen LogP) is 3.76. The minimum absolute atomic E-state index is 0.174. The zero-order valence-electron chi connectivity index (χ0n) is 19.2. The Morgan fingerprint density at radius 1 is 0.906 bits per heavy atom. The molecule has 1 amide bonds. The van der Waals surface area contributed by atoms with Crippen LogP contribution in [0, 0.1) is 5.92 Å². The first kappa shape index (κ1) is 22.6. The number of hydrogen-bond acceptors (Lipinski definition) is 4. The first-order chi connectivity index (χ1) is 15.7. The lowest BCUT2D eigenvalue weighted by atomic mass is 9.94. The summed E-state index contributed by atoms with van der Waals surface area (Å²) in [5.74, 6) is 1.48. The van der Waals surface area contributed by atoms with Gasteiger partial charge in [-0.05, 0) is 37.6 Å². The van der Waals surface area contributed by atoms with E-state index in [1.165, 1.54) is 11.1 Å². The molecule has 0 aliphatic carbocycles. The summed E-state index contributed by atoms with van der Waals surface area (Å²) in [6.45, 7) is 7.38. The Kier molecular flexibility index (Phi) is 7.97. The summed E-state index contributed by atoms with van der Waals surface area (Å²) in [6, 6.07) is 18.6. The molecule has 2 heterocycles. The fraction of sp³-hybridized carbons (Fsp3) is 0.444. The normalized spacial score (nSPS) is 18.8. The highest BCUT2D eigenvalue weighted by Gasteiger charge is 2.30. The summed E-state index contributed by atoms with van der Waals surface area (Å²) in [6.07, 6.45) is 6.31. The maximum atomic E-state index is 13.1. The molecule has 2 aliphatic rings. The number of carbonyl (C=O) groups is 1. The summed E-state index contributed by atoms with van der Waals surface area (Å²) >= 11 is 0. The molecule has 2 aromatic rings. The van der Waals surface area contributed by atoms with Gasteiger partial charge in [0.15, 0.2) is 0 Å². The SMILES string of the molecule is COc1ccccc1CN1CCC(C(=O)N2CCN(C/C=C/c3ccccc3)CC2)CC1. The van der Waals surface area contributed by atoms with Crippen LogP contribution in [0.25, 0.3) is 6.08 Å². The van der Waals surface area contributed by atoms with E-state index in [9.17, 15) is 4.79 Å². The van der Waals surface area contributed by atoms with Crippen molar-refractivity contribution in [2.75, 3.05) is 52.9 Å². The first-order valence-electron chi connectivity index (χ1n) is 11.8. The zero-order valence-corrected chi connectivity index (χ0v) is 19.2. The van der Waals surface area contributed by atoms with Gasteiger partial charge in [0, 0.05) is 50.7 Å². The van der Waals surface area contributed by atoms with Crippen LogP contribution in [-0.2, 0) is 11.3 Å². The van der Waals surface area contributed by atoms with Crippen LogP contribution in [0.5, 0.6) is 5.75 Å². The highest BCUT2D eigenvalue weighted by molar-refractivity contribution is 5.79. The van der Waals surface area contributed by atoms with Gasteiger partial charge in [-0.1, -0.05) is 60.7 Å². The van der Waals surface area contributed by atoms with Crippen molar-refractivity contribution < 1.29 is 9.53 Å². The topological polar surface area (TPSA) is 36.0 Å². The Labute approximate surface area is 192 Å². The predicted molar refractivity (Wildman–Crippen MR) is 129 cm³/mol. The number of benzene rings is 2. The van der Waals surface area contributed by atoms with Gasteiger partial charge in [-0.3, -0.25) is 14.6 Å². The van der Waals surface area contributed by atoms with E-state index in [0.717, 1.165) is 70.9 Å². The quantitative estimate of drug-likeness (QED) is 0.666. The molecule has 2 fully saturated rings. The molecule has 5 heteroatoms. The zero-order chi connectivity index (χ0) is 22.2. The molecule has 0 bridgehead atoms. The summed E-state index contributed by atoms with van der Waals surface area (Å²) in [5, 5.41) is 0. The summed E-state index contributed by atoms with van der Waals surface area (Å²) in [7, 11) is 1.73. The third-order valence-electron chi connectivity index (χ3n) is 6.68. The third-order valence-corrected chi connectivity index (χ3v) is 6.68. The van der Waals surface area contributed by atoms with Crippen molar-refractivity contribution in [3.8, 4) is 5.75 Å². The molecule has 0 unspecified atom stereocenters. The summed E-state index contributed by atoms with van der Waals surface area (Å²) in [5.41, 5.74) is 2.45. The van der Waals surface area contributed by atoms with Crippen molar-refractivity contribution in [3.63, 3.8) is 0 Å². The fourth-order valence-electron chi connectivity index (χ4n) is 4.72. The van der Waals surface area contributed by atoms with Crippen LogP contribution in [-0.4, -0.2) is 73.5 Å². The van der Waals surface area contributed by atoms with E-state index in [0.29, 0.717) is 5.91 Å². The number of amides is 1. The maximum absolute atomic E-state index is 13.1. The van der Waals surface area contributed by atoms with E-state index < -0.39 is 0 Å². The van der Waals surface area contributed by atoms with Gasteiger partial charge < -0.3 is 9.64 Å². The lowest BCUT2D eigenvalue weighted by molar-refractivity contribution is -0.138. The molecule has 0 aromatic heterocycles.